The minimum atomic E-state index is -0.179. The SMILES string of the molecule is CCCc1cccc2c1OC(CC)N2C(=O)NC1CC1. The molecule has 2 aliphatic rings. The van der Waals surface area contributed by atoms with E-state index in [4.69, 9.17) is 4.74 Å². The first-order valence-electron chi connectivity index (χ1n) is 7.62. The largest absolute Gasteiger partial charge is 0.468 e. The molecule has 0 bridgehead atoms. The van der Waals surface area contributed by atoms with E-state index in [9.17, 15) is 4.79 Å². The third-order valence-electron chi connectivity index (χ3n) is 3.87. The van der Waals surface area contributed by atoms with Crippen LogP contribution >= 0.6 is 0 Å². The molecule has 4 nitrogen and oxygen atoms in total. The number of amides is 2. The smallest absolute Gasteiger partial charge is 0.325 e. The van der Waals surface area contributed by atoms with Crippen LogP contribution in [0.2, 0.25) is 0 Å². The zero-order valence-electron chi connectivity index (χ0n) is 12.2. The van der Waals surface area contributed by atoms with Crippen LogP contribution in [0.25, 0.3) is 0 Å². The summed E-state index contributed by atoms with van der Waals surface area (Å²) >= 11 is 0. The van der Waals surface area contributed by atoms with Crippen molar-refractivity contribution in [1.29, 1.82) is 0 Å². The number of anilines is 1. The topological polar surface area (TPSA) is 41.6 Å². The van der Waals surface area contributed by atoms with Gasteiger partial charge in [-0.05, 0) is 30.9 Å². The van der Waals surface area contributed by atoms with E-state index in [1.165, 1.54) is 5.56 Å². The highest BCUT2D eigenvalue weighted by atomic mass is 16.5. The molecule has 1 N–H and O–H groups in total. The first kappa shape index (κ1) is 13.3. The van der Waals surface area contributed by atoms with Gasteiger partial charge in [0.05, 0.1) is 5.69 Å². The number of hydrogen-bond donors (Lipinski definition) is 1. The van der Waals surface area contributed by atoms with Gasteiger partial charge in [-0.1, -0.05) is 32.4 Å². The summed E-state index contributed by atoms with van der Waals surface area (Å²) in [5.41, 5.74) is 2.12. The van der Waals surface area contributed by atoms with E-state index in [1.807, 2.05) is 19.1 Å². The van der Waals surface area contributed by atoms with Gasteiger partial charge in [-0.15, -0.1) is 0 Å². The summed E-state index contributed by atoms with van der Waals surface area (Å²) in [6, 6.07) is 6.44. The lowest BCUT2D eigenvalue weighted by atomic mass is 10.1. The lowest BCUT2D eigenvalue weighted by molar-refractivity contribution is 0.204. The predicted octanol–water partition coefficient (Wildman–Crippen LogP) is 3.45. The molecule has 1 saturated carbocycles. The molecule has 108 valence electrons. The number of nitrogens with one attached hydrogen (secondary N) is 1. The van der Waals surface area contributed by atoms with Crippen molar-refractivity contribution < 1.29 is 9.53 Å². The Bertz CT molecular complexity index is 511. The van der Waals surface area contributed by atoms with Gasteiger partial charge in [0.15, 0.2) is 6.23 Å². The molecule has 0 aromatic heterocycles. The number of ether oxygens (including phenoxy) is 1. The fourth-order valence-corrected chi connectivity index (χ4v) is 2.69. The molecule has 1 aromatic rings. The number of urea groups is 1. The molecule has 1 atom stereocenters. The van der Waals surface area contributed by atoms with Gasteiger partial charge in [0.25, 0.3) is 0 Å². The maximum Gasteiger partial charge on any atom is 0.325 e. The Hall–Kier alpha value is -1.71. The van der Waals surface area contributed by atoms with Crippen molar-refractivity contribution in [1.82, 2.24) is 5.32 Å². The second-order valence-corrected chi connectivity index (χ2v) is 5.59. The molecule has 1 aliphatic heterocycles. The monoisotopic (exact) mass is 274 g/mol. The highest BCUT2D eigenvalue weighted by Gasteiger charge is 2.37. The molecule has 1 aliphatic carbocycles. The number of carbonyl (C=O) groups is 1. The summed E-state index contributed by atoms with van der Waals surface area (Å²) in [5, 5.41) is 3.06. The van der Waals surface area contributed by atoms with Crippen LogP contribution in [0.4, 0.5) is 10.5 Å². The quantitative estimate of drug-likeness (QED) is 0.913. The van der Waals surface area contributed by atoms with Gasteiger partial charge in [0.2, 0.25) is 0 Å². The third kappa shape index (κ3) is 2.35. The van der Waals surface area contributed by atoms with E-state index >= 15 is 0 Å². The summed E-state index contributed by atoms with van der Waals surface area (Å²) in [6.45, 7) is 4.21. The van der Waals surface area contributed by atoms with Crippen LogP contribution < -0.4 is 15.0 Å². The first-order valence-corrected chi connectivity index (χ1v) is 7.62. The van der Waals surface area contributed by atoms with Crippen LogP contribution in [-0.4, -0.2) is 18.3 Å². The maximum atomic E-state index is 12.4. The molecular weight excluding hydrogens is 252 g/mol. The fourth-order valence-electron chi connectivity index (χ4n) is 2.69. The van der Waals surface area contributed by atoms with Gasteiger partial charge in [-0.25, -0.2) is 4.79 Å². The van der Waals surface area contributed by atoms with E-state index in [2.05, 4.69) is 18.3 Å². The van der Waals surface area contributed by atoms with Crippen molar-refractivity contribution >= 4 is 11.7 Å². The van der Waals surface area contributed by atoms with E-state index in [-0.39, 0.29) is 12.3 Å². The molecule has 0 spiro atoms. The van der Waals surface area contributed by atoms with Crippen LogP contribution in [0.1, 0.15) is 45.1 Å². The molecule has 20 heavy (non-hydrogen) atoms. The molecule has 2 amide bonds. The molecule has 4 heteroatoms. The van der Waals surface area contributed by atoms with Crippen molar-refractivity contribution in [2.24, 2.45) is 0 Å². The molecule has 1 aromatic carbocycles. The van der Waals surface area contributed by atoms with Gasteiger partial charge in [-0.2, -0.15) is 0 Å². The van der Waals surface area contributed by atoms with Gasteiger partial charge in [0.1, 0.15) is 5.75 Å². The van der Waals surface area contributed by atoms with Crippen molar-refractivity contribution in [3.05, 3.63) is 23.8 Å². The summed E-state index contributed by atoms with van der Waals surface area (Å²) in [6.07, 6.45) is 4.86. The lowest BCUT2D eigenvalue weighted by Crippen LogP contribution is -2.46. The molecule has 0 saturated heterocycles. The normalized spacial score (nSPS) is 20.5. The van der Waals surface area contributed by atoms with Gasteiger partial charge >= 0.3 is 6.03 Å². The predicted molar refractivity (Wildman–Crippen MR) is 79.2 cm³/mol. The average molecular weight is 274 g/mol. The lowest BCUT2D eigenvalue weighted by Gasteiger charge is -2.22. The van der Waals surface area contributed by atoms with Crippen LogP contribution in [0, 0.1) is 0 Å². The molecule has 3 rings (SSSR count). The Morgan fingerprint density at radius 3 is 2.85 bits per heavy atom. The fraction of sp³-hybridized carbons (Fsp3) is 0.562. The van der Waals surface area contributed by atoms with Crippen molar-refractivity contribution in [3.63, 3.8) is 0 Å². The average Bonchev–Trinajstić information content (AvgIpc) is 3.16. The number of benzene rings is 1. The Labute approximate surface area is 120 Å². The van der Waals surface area contributed by atoms with Crippen LogP contribution in [-0.2, 0) is 6.42 Å². The zero-order chi connectivity index (χ0) is 14.1. The van der Waals surface area contributed by atoms with Crippen molar-refractivity contribution in [2.75, 3.05) is 4.90 Å². The van der Waals surface area contributed by atoms with E-state index in [1.54, 1.807) is 4.90 Å². The van der Waals surface area contributed by atoms with Crippen molar-refractivity contribution in [2.45, 2.75) is 58.2 Å². The minimum Gasteiger partial charge on any atom is -0.468 e. The molecular formula is C16H22N2O2. The van der Waals surface area contributed by atoms with Crippen LogP contribution in [0.5, 0.6) is 5.75 Å². The Kier molecular flexibility index (Phi) is 3.55. The number of para-hydroxylation sites is 1. The Balaban J connectivity index is 1.90. The second-order valence-electron chi connectivity index (χ2n) is 5.59. The standard InChI is InChI=1S/C16H22N2O2/c1-3-6-11-7-5-8-13-15(11)20-14(4-2)18(13)16(19)17-12-9-10-12/h5,7-8,12,14H,3-4,6,9-10H2,1-2H3,(H,17,19). The van der Waals surface area contributed by atoms with Gasteiger partial charge in [-0.3, -0.25) is 4.90 Å². The number of hydrogen-bond acceptors (Lipinski definition) is 2. The highest BCUT2D eigenvalue weighted by molar-refractivity contribution is 5.96. The molecule has 1 fully saturated rings. The highest BCUT2D eigenvalue weighted by Crippen LogP contribution is 2.41. The van der Waals surface area contributed by atoms with Gasteiger partial charge < -0.3 is 10.1 Å². The number of fused-ring (bicyclic) bond motifs is 1. The molecule has 1 heterocycles. The van der Waals surface area contributed by atoms with Gasteiger partial charge in [0, 0.05) is 12.5 Å². The van der Waals surface area contributed by atoms with Crippen LogP contribution in [0.3, 0.4) is 0 Å². The van der Waals surface area contributed by atoms with E-state index in [0.717, 1.165) is 43.5 Å². The minimum absolute atomic E-state index is 0.0215. The van der Waals surface area contributed by atoms with Crippen molar-refractivity contribution in [3.8, 4) is 5.75 Å². The number of rotatable bonds is 4. The van der Waals surface area contributed by atoms with E-state index < -0.39 is 0 Å². The summed E-state index contributed by atoms with van der Waals surface area (Å²) in [4.78, 5) is 14.2. The number of nitrogens with zero attached hydrogens (tertiary/aromatic N) is 1. The van der Waals surface area contributed by atoms with Crippen LogP contribution in [0.15, 0.2) is 18.2 Å². The summed E-state index contributed by atoms with van der Waals surface area (Å²) in [7, 11) is 0. The first-order chi connectivity index (χ1) is 9.74. The Morgan fingerprint density at radius 2 is 2.20 bits per heavy atom. The Morgan fingerprint density at radius 1 is 1.40 bits per heavy atom. The molecule has 0 radical (unpaired) electrons. The molecule has 1 unspecified atom stereocenters. The number of aryl methyl sites for hydroxylation is 1. The number of carbonyl (C=O) groups excluding carboxylic acids is 1. The zero-order valence-corrected chi connectivity index (χ0v) is 12.2. The third-order valence-corrected chi connectivity index (χ3v) is 3.87. The van der Waals surface area contributed by atoms with E-state index in [0.29, 0.717) is 6.04 Å². The second kappa shape index (κ2) is 5.35. The summed E-state index contributed by atoms with van der Waals surface area (Å²) in [5.74, 6) is 0.896. The summed E-state index contributed by atoms with van der Waals surface area (Å²) < 4.78 is 6.04. The maximum absolute atomic E-state index is 12.4.